The molecule has 0 aromatic rings. The van der Waals surface area contributed by atoms with E-state index in [-0.39, 0.29) is 0 Å². The second kappa shape index (κ2) is 3.05. The summed E-state index contributed by atoms with van der Waals surface area (Å²) in [6, 6.07) is -0.398. The van der Waals surface area contributed by atoms with Crippen LogP contribution in [0, 0.1) is 0 Å². The molecule has 0 aliphatic carbocycles. The van der Waals surface area contributed by atoms with E-state index in [4.69, 9.17) is 5.73 Å². The van der Waals surface area contributed by atoms with Crippen LogP contribution in [0.2, 0.25) is 18.6 Å². The van der Waals surface area contributed by atoms with Crippen molar-refractivity contribution in [1.82, 2.24) is 4.98 Å². The first-order valence-electron chi connectivity index (χ1n) is 3.44. The molecule has 3 N–H and O–H groups in total. The van der Waals surface area contributed by atoms with Gasteiger partial charge in [-0.2, -0.15) is 0 Å². The molecule has 2 amide bonds. The third kappa shape index (κ3) is 2.86. The highest BCUT2D eigenvalue weighted by Crippen LogP contribution is 2.15. The minimum atomic E-state index is -1.57. The fourth-order valence-corrected chi connectivity index (χ4v) is 1.39. The molecule has 10 heavy (non-hydrogen) atoms. The molecule has 0 saturated carbocycles. The van der Waals surface area contributed by atoms with Crippen LogP contribution < -0.4 is 10.7 Å². The molecule has 3 nitrogen and oxygen atoms in total. The van der Waals surface area contributed by atoms with Crippen LogP contribution >= 0.6 is 0 Å². The maximum atomic E-state index is 10.5. The molecule has 0 radical (unpaired) electrons. The first-order valence-corrected chi connectivity index (χ1v) is 6.51. The Morgan fingerprint density at radius 3 is 2.00 bits per heavy atom. The van der Waals surface area contributed by atoms with E-state index in [0.717, 1.165) is 0 Å². The largest absolute Gasteiger partial charge is 0.365 e. The summed E-state index contributed by atoms with van der Waals surface area (Å²) in [7, 11) is -1.57. The van der Waals surface area contributed by atoms with Crippen LogP contribution in [0.5, 0.6) is 0 Å². The Bertz CT molecular complexity index is 134. The average molecular weight is 160 g/mol. The Kier molecular flexibility index (Phi) is 2.89. The van der Waals surface area contributed by atoms with E-state index in [2.05, 4.69) is 31.9 Å². The maximum absolute atomic E-state index is 10.5. The van der Waals surface area contributed by atoms with E-state index in [1.807, 2.05) is 0 Å². The summed E-state index contributed by atoms with van der Waals surface area (Å²) in [4.78, 5) is 13.3. The highest BCUT2D eigenvalue weighted by Gasteiger charge is 2.26. The number of nitrogens with two attached hydrogens (primary N) is 1. The quantitative estimate of drug-likeness (QED) is 0.587. The Balaban J connectivity index is 3.99. The van der Waals surface area contributed by atoms with Crippen molar-refractivity contribution in [2.45, 2.75) is 32.5 Å². The Hall–Kier alpha value is -0.513. The van der Waals surface area contributed by atoms with Gasteiger partial charge in [0.05, 0.1) is 0 Å². The van der Waals surface area contributed by atoms with Gasteiger partial charge in [0, 0.05) is 0 Å². The van der Waals surface area contributed by atoms with Gasteiger partial charge in [-0.1, -0.05) is 26.9 Å². The van der Waals surface area contributed by atoms with Crippen LogP contribution in [0.15, 0.2) is 0 Å². The third-order valence-corrected chi connectivity index (χ3v) is 5.67. The lowest BCUT2D eigenvalue weighted by atomic mass is 10.6. The number of amides is 2. The molecule has 4 heteroatoms. The number of hydrogen-bond donors (Lipinski definition) is 2. The Morgan fingerprint density at radius 1 is 1.50 bits per heavy atom. The van der Waals surface area contributed by atoms with Crippen molar-refractivity contribution < 1.29 is 4.79 Å². The molecule has 0 unspecified atom stereocenters. The van der Waals surface area contributed by atoms with E-state index in [9.17, 15) is 4.79 Å². The van der Waals surface area contributed by atoms with Gasteiger partial charge in [0.2, 0.25) is 0 Å². The van der Waals surface area contributed by atoms with E-state index in [1.165, 1.54) is 0 Å². The lowest BCUT2D eigenvalue weighted by Crippen LogP contribution is -2.52. The molecule has 0 atom stereocenters. The first-order chi connectivity index (χ1) is 4.36. The van der Waals surface area contributed by atoms with Gasteiger partial charge in [-0.3, -0.25) is 4.79 Å². The summed E-state index contributed by atoms with van der Waals surface area (Å²) in [5, 5.41) is 0. The standard InChI is InChI=1S/C6H16N2OSi/c1-5(2)10(3,4)8-6(7)9/h5H,1-4H3,(H3,7,8,9). The highest BCUT2D eigenvalue weighted by atomic mass is 28.3. The van der Waals surface area contributed by atoms with Gasteiger partial charge in [0.25, 0.3) is 0 Å². The van der Waals surface area contributed by atoms with Crippen LogP contribution in [0.3, 0.4) is 0 Å². The molecule has 60 valence electrons. The molecule has 0 fully saturated rings. The molecule has 0 spiro atoms. The Morgan fingerprint density at radius 2 is 1.90 bits per heavy atom. The van der Waals surface area contributed by atoms with Crippen LogP contribution in [0.1, 0.15) is 13.8 Å². The van der Waals surface area contributed by atoms with E-state index in [1.54, 1.807) is 0 Å². The number of urea groups is 1. The van der Waals surface area contributed by atoms with Gasteiger partial charge in [-0.15, -0.1) is 0 Å². The molecular formula is C6H16N2OSi. The molecule has 0 aliphatic rings. The second-order valence-electron chi connectivity index (χ2n) is 3.37. The second-order valence-corrected chi connectivity index (χ2v) is 8.21. The van der Waals surface area contributed by atoms with Gasteiger partial charge < -0.3 is 10.7 Å². The number of nitrogens with one attached hydrogen (secondary N) is 1. The van der Waals surface area contributed by atoms with Crippen LogP contribution in [0.4, 0.5) is 4.79 Å². The smallest absolute Gasteiger partial charge is 0.304 e. The van der Waals surface area contributed by atoms with Crippen LogP contribution in [-0.2, 0) is 0 Å². The molecule has 0 rings (SSSR count). The molecule has 0 aromatic carbocycles. The van der Waals surface area contributed by atoms with Gasteiger partial charge in [-0.05, 0) is 5.54 Å². The van der Waals surface area contributed by atoms with E-state index >= 15 is 0 Å². The zero-order valence-corrected chi connectivity index (χ0v) is 8.06. The monoisotopic (exact) mass is 160 g/mol. The third-order valence-electron chi connectivity index (χ3n) is 1.89. The molecule has 0 aliphatic heterocycles. The van der Waals surface area contributed by atoms with Crippen molar-refractivity contribution >= 4 is 14.3 Å². The minimum absolute atomic E-state index is 0.398. The van der Waals surface area contributed by atoms with Crippen molar-refractivity contribution in [3.05, 3.63) is 0 Å². The first kappa shape index (κ1) is 9.49. The minimum Gasteiger partial charge on any atom is -0.365 e. The van der Waals surface area contributed by atoms with Gasteiger partial charge in [0.15, 0.2) is 8.24 Å². The molecule has 0 heterocycles. The van der Waals surface area contributed by atoms with Crippen molar-refractivity contribution in [2.75, 3.05) is 0 Å². The van der Waals surface area contributed by atoms with E-state index < -0.39 is 14.3 Å². The summed E-state index contributed by atoms with van der Waals surface area (Å²) in [6.45, 7) is 8.37. The van der Waals surface area contributed by atoms with Crippen molar-refractivity contribution in [3.63, 3.8) is 0 Å². The molecule has 0 aromatic heterocycles. The fourth-order valence-electron chi connectivity index (χ4n) is 0.462. The zero-order chi connectivity index (χ0) is 8.36. The highest BCUT2D eigenvalue weighted by molar-refractivity contribution is 6.78. The lowest BCUT2D eigenvalue weighted by Gasteiger charge is -2.26. The molecule has 0 saturated heterocycles. The number of primary amides is 1. The van der Waals surface area contributed by atoms with Crippen molar-refractivity contribution in [3.8, 4) is 0 Å². The summed E-state index contributed by atoms with van der Waals surface area (Å²) in [6.07, 6.45) is 0. The van der Waals surface area contributed by atoms with Crippen LogP contribution in [0.25, 0.3) is 0 Å². The number of carbonyl (C=O) groups is 1. The predicted molar refractivity (Wildman–Crippen MR) is 45.3 cm³/mol. The van der Waals surface area contributed by atoms with Gasteiger partial charge in [-0.25, -0.2) is 0 Å². The predicted octanol–water partition coefficient (Wildman–Crippen LogP) is 1.27. The van der Waals surface area contributed by atoms with Crippen LogP contribution in [-0.4, -0.2) is 14.3 Å². The maximum Gasteiger partial charge on any atom is 0.304 e. The molecular weight excluding hydrogens is 144 g/mol. The fraction of sp³-hybridized carbons (Fsp3) is 0.833. The summed E-state index contributed by atoms with van der Waals surface area (Å²) in [5.41, 5.74) is 5.53. The van der Waals surface area contributed by atoms with Crippen molar-refractivity contribution in [2.24, 2.45) is 5.73 Å². The topological polar surface area (TPSA) is 55.1 Å². The number of rotatable bonds is 2. The number of hydrogen-bond acceptors (Lipinski definition) is 1. The molecule has 0 bridgehead atoms. The van der Waals surface area contributed by atoms with Gasteiger partial charge in [0.1, 0.15) is 0 Å². The van der Waals surface area contributed by atoms with Crippen molar-refractivity contribution in [1.29, 1.82) is 0 Å². The summed E-state index contributed by atoms with van der Waals surface area (Å²) in [5.74, 6) is 0. The SMILES string of the molecule is CC(C)[Si](C)(C)NC(N)=O. The zero-order valence-electron chi connectivity index (χ0n) is 7.06. The average Bonchev–Trinajstić information content (AvgIpc) is 1.60. The Labute approximate surface area is 63.1 Å². The summed E-state index contributed by atoms with van der Waals surface area (Å²) < 4.78 is 0. The normalized spacial score (nSPS) is 11.7. The lowest BCUT2D eigenvalue weighted by molar-refractivity contribution is 0.253. The summed E-state index contributed by atoms with van der Waals surface area (Å²) >= 11 is 0. The van der Waals surface area contributed by atoms with Gasteiger partial charge >= 0.3 is 6.03 Å². The van der Waals surface area contributed by atoms with E-state index in [0.29, 0.717) is 5.54 Å². The number of carbonyl (C=O) groups excluding carboxylic acids is 1.